The highest BCUT2D eigenvalue weighted by Crippen LogP contribution is 2.32. The van der Waals surface area contributed by atoms with Crippen molar-refractivity contribution in [2.75, 3.05) is 33.5 Å². The van der Waals surface area contributed by atoms with Crippen LogP contribution in [0.2, 0.25) is 0 Å². The van der Waals surface area contributed by atoms with Gasteiger partial charge in [-0.3, -0.25) is 0 Å². The molecule has 0 aromatic heterocycles. The van der Waals surface area contributed by atoms with Gasteiger partial charge in [-0.15, -0.1) is 0 Å². The Kier molecular flexibility index (Phi) is 6.99. The van der Waals surface area contributed by atoms with E-state index < -0.39 is 11.7 Å². The quantitative estimate of drug-likeness (QED) is 0.693. The van der Waals surface area contributed by atoms with Crippen molar-refractivity contribution in [1.29, 1.82) is 5.26 Å². The number of nitriles is 1. The molecule has 1 aromatic rings. The zero-order chi connectivity index (χ0) is 15.7. The molecule has 0 amide bonds. The first kappa shape index (κ1) is 17.3. The molecule has 0 aliphatic rings. The first-order chi connectivity index (χ1) is 9.99. The highest BCUT2D eigenvalue weighted by molar-refractivity contribution is 5.46. The first-order valence-electron chi connectivity index (χ1n) is 6.30. The lowest BCUT2D eigenvalue weighted by Gasteiger charge is -2.11. The summed E-state index contributed by atoms with van der Waals surface area (Å²) in [4.78, 5) is 0. The molecule has 0 fully saturated rings. The van der Waals surface area contributed by atoms with Gasteiger partial charge in [0.15, 0.2) is 0 Å². The van der Waals surface area contributed by atoms with Crippen LogP contribution >= 0.6 is 0 Å². The van der Waals surface area contributed by atoms with Crippen LogP contribution in [0.25, 0.3) is 0 Å². The summed E-state index contributed by atoms with van der Waals surface area (Å²) in [5.74, 6) is 0.117. The number of methoxy groups -OCH3 is 1. The van der Waals surface area contributed by atoms with E-state index >= 15 is 0 Å². The predicted octanol–water partition coefficient (Wildman–Crippen LogP) is 3.01. The van der Waals surface area contributed by atoms with E-state index in [9.17, 15) is 13.2 Å². The highest BCUT2D eigenvalue weighted by atomic mass is 19.4. The normalized spacial score (nSPS) is 11.2. The fourth-order valence-electron chi connectivity index (χ4n) is 1.54. The van der Waals surface area contributed by atoms with Gasteiger partial charge in [0.05, 0.1) is 17.7 Å². The lowest BCUT2D eigenvalue weighted by Crippen LogP contribution is -2.10. The largest absolute Gasteiger partial charge is 0.490 e. The van der Waals surface area contributed by atoms with Crippen LogP contribution in [0.4, 0.5) is 13.2 Å². The minimum Gasteiger partial charge on any atom is -0.490 e. The summed E-state index contributed by atoms with van der Waals surface area (Å²) in [6, 6.07) is 4.50. The third-order valence-corrected chi connectivity index (χ3v) is 2.55. The van der Waals surface area contributed by atoms with Crippen LogP contribution in [0.3, 0.4) is 0 Å². The van der Waals surface area contributed by atoms with Gasteiger partial charge in [0.2, 0.25) is 0 Å². The molecule has 0 aliphatic carbocycles. The minimum atomic E-state index is -4.48. The van der Waals surface area contributed by atoms with Crippen molar-refractivity contribution in [1.82, 2.24) is 0 Å². The van der Waals surface area contributed by atoms with Gasteiger partial charge in [-0.25, -0.2) is 0 Å². The van der Waals surface area contributed by atoms with Crippen molar-refractivity contribution in [2.24, 2.45) is 0 Å². The minimum absolute atomic E-state index is 0.117. The molecule has 0 bridgehead atoms. The lowest BCUT2D eigenvalue weighted by molar-refractivity contribution is -0.137. The summed E-state index contributed by atoms with van der Waals surface area (Å²) < 4.78 is 52.9. The SMILES string of the molecule is COCCCOCCOc1ccc(C(F)(F)F)cc1C#N. The smallest absolute Gasteiger partial charge is 0.416 e. The third-order valence-electron chi connectivity index (χ3n) is 2.55. The van der Waals surface area contributed by atoms with E-state index in [2.05, 4.69) is 0 Å². The van der Waals surface area contributed by atoms with Crippen molar-refractivity contribution in [2.45, 2.75) is 12.6 Å². The van der Waals surface area contributed by atoms with Crippen LogP contribution < -0.4 is 4.74 Å². The number of benzene rings is 1. The van der Waals surface area contributed by atoms with E-state index in [-0.39, 0.29) is 24.5 Å². The van der Waals surface area contributed by atoms with Crippen LogP contribution in [0, 0.1) is 11.3 Å². The Bertz CT molecular complexity index is 483. The molecule has 0 unspecified atom stereocenters. The van der Waals surface area contributed by atoms with Crippen LogP contribution in [-0.2, 0) is 15.7 Å². The molecule has 0 aliphatic heterocycles. The Morgan fingerprint density at radius 3 is 2.52 bits per heavy atom. The summed E-state index contributed by atoms with van der Waals surface area (Å²) in [6.45, 7) is 1.55. The highest BCUT2D eigenvalue weighted by Gasteiger charge is 2.31. The fraction of sp³-hybridized carbons (Fsp3) is 0.500. The zero-order valence-electron chi connectivity index (χ0n) is 11.6. The third kappa shape index (κ3) is 6.02. The Morgan fingerprint density at radius 2 is 1.90 bits per heavy atom. The van der Waals surface area contributed by atoms with Gasteiger partial charge in [0.25, 0.3) is 0 Å². The van der Waals surface area contributed by atoms with Crippen molar-refractivity contribution in [3.63, 3.8) is 0 Å². The maximum atomic E-state index is 12.5. The van der Waals surface area contributed by atoms with Gasteiger partial charge in [0, 0.05) is 20.3 Å². The van der Waals surface area contributed by atoms with E-state index in [1.165, 1.54) is 0 Å². The lowest BCUT2D eigenvalue weighted by atomic mass is 10.1. The zero-order valence-corrected chi connectivity index (χ0v) is 11.6. The van der Waals surface area contributed by atoms with Crippen molar-refractivity contribution >= 4 is 0 Å². The first-order valence-corrected chi connectivity index (χ1v) is 6.30. The van der Waals surface area contributed by atoms with Crippen LogP contribution in [0.5, 0.6) is 5.75 Å². The molecule has 1 rings (SSSR count). The number of rotatable bonds is 8. The van der Waals surface area contributed by atoms with Gasteiger partial charge >= 0.3 is 6.18 Å². The second-order valence-corrected chi connectivity index (χ2v) is 4.13. The average molecular weight is 303 g/mol. The van der Waals surface area contributed by atoms with Crippen LogP contribution in [0.15, 0.2) is 18.2 Å². The molecule has 0 N–H and O–H groups in total. The van der Waals surface area contributed by atoms with Crippen molar-refractivity contribution in [3.8, 4) is 11.8 Å². The Labute approximate surface area is 121 Å². The van der Waals surface area contributed by atoms with Gasteiger partial charge in [-0.1, -0.05) is 0 Å². The molecule has 0 saturated heterocycles. The molecule has 0 saturated carbocycles. The summed E-state index contributed by atoms with van der Waals surface area (Å²) in [7, 11) is 1.59. The van der Waals surface area contributed by atoms with Crippen LogP contribution in [0.1, 0.15) is 17.5 Å². The summed E-state index contributed by atoms with van der Waals surface area (Å²) in [5.41, 5.74) is -1.02. The Hall–Kier alpha value is -1.78. The molecule has 21 heavy (non-hydrogen) atoms. The van der Waals surface area contributed by atoms with E-state index in [0.717, 1.165) is 24.6 Å². The van der Waals surface area contributed by atoms with E-state index in [1.54, 1.807) is 13.2 Å². The maximum Gasteiger partial charge on any atom is 0.416 e. The Balaban J connectivity index is 2.47. The van der Waals surface area contributed by atoms with Gasteiger partial charge in [-0.2, -0.15) is 18.4 Å². The van der Waals surface area contributed by atoms with E-state index in [0.29, 0.717) is 13.2 Å². The summed E-state index contributed by atoms with van der Waals surface area (Å²) in [5, 5.41) is 8.87. The monoisotopic (exact) mass is 303 g/mol. The second kappa shape index (κ2) is 8.49. The molecule has 0 atom stereocenters. The molecule has 0 spiro atoms. The number of nitrogens with zero attached hydrogens (tertiary/aromatic N) is 1. The topological polar surface area (TPSA) is 51.5 Å². The van der Waals surface area contributed by atoms with Gasteiger partial charge < -0.3 is 14.2 Å². The van der Waals surface area contributed by atoms with E-state index in [4.69, 9.17) is 19.5 Å². The van der Waals surface area contributed by atoms with Crippen LogP contribution in [-0.4, -0.2) is 33.5 Å². The molecule has 0 radical (unpaired) electrons. The predicted molar refractivity (Wildman–Crippen MR) is 69.0 cm³/mol. The molecule has 116 valence electrons. The number of ether oxygens (including phenoxy) is 3. The maximum absolute atomic E-state index is 12.5. The molecule has 0 heterocycles. The summed E-state index contributed by atoms with van der Waals surface area (Å²) in [6.07, 6.45) is -3.73. The molecule has 4 nitrogen and oxygen atoms in total. The standard InChI is InChI=1S/C14H16F3NO3/c1-19-5-2-6-20-7-8-21-13-4-3-12(14(15,16)17)9-11(13)10-18/h3-4,9H,2,5-8H2,1H3. The molecular weight excluding hydrogens is 287 g/mol. The van der Waals surface area contributed by atoms with Crippen molar-refractivity contribution in [3.05, 3.63) is 29.3 Å². The second-order valence-electron chi connectivity index (χ2n) is 4.13. The average Bonchev–Trinajstić information content (AvgIpc) is 2.45. The van der Waals surface area contributed by atoms with Gasteiger partial charge in [0.1, 0.15) is 18.4 Å². The van der Waals surface area contributed by atoms with E-state index in [1.807, 2.05) is 0 Å². The number of alkyl halides is 3. The summed E-state index contributed by atoms with van der Waals surface area (Å²) >= 11 is 0. The number of hydrogen-bond acceptors (Lipinski definition) is 4. The van der Waals surface area contributed by atoms with Crippen molar-refractivity contribution < 1.29 is 27.4 Å². The number of hydrogen-bond donors (Lipinski definition) is 0. The molecule has 7 heteroatoms. The Morgan fingerprint density at radius 1 is 1.14 bits per heavy atom. The van der Waals surface area contributed by atoms with Gasteiger partial charge in [-0.05, 0) is 24.6 Å². The molecular formula is C14H16F3NO3. The number of halogens is 3. The fourth-order valence-corrected chi connectivity index (χ4v) is 1.54. The molecule has 1 aromatic carbocycles.